The quantitative estimate of drug-likeness (QED) is 0.758. The number of piperazine rings is 1. The Kier molecular flexibility index (Phi) is 6.23. The molecule has 0 unspecified atom stereocenters. The molecule has 166 valence electrons. The van der Waals surface area contributed by atoms with Crippen molar-refractivity contribution >= 4 is 11.9 Å². The van der Waals surface area contributed by atoms with Gasteiger partial charge in [-0.3, -0.25) is 9.78 Å². The molecule has 2 aromatic heterocycles. The number of carbonyl (C=O) groups is 1. The van der Waals surface area contributed by atoms with Crippen molar-refractivity contribution in [2.24, 2.45) is 5.41 Å². The van der Waals surface area contributed by atoms with Crippen molar-refractivity contribution in [2.75, 3.05) is 51.2 Å². The standard InChI is InChI=1S/C24H34N6O/c1-24(2,3)22(31)30-11-5-6-19(17-30)21-20(18-7-9-25-10-8-18)16-26-23(27-21)29-14-12-28(4)13-15-29/h7-10,16,19H,5-6,11-15,17H2,1-4H3/t19-/m0/s1. The highest BCUT2D eigenvalue weighted by atomic mass is 16.2. The summed E-state index contributed by atoms with van der Waals surface area (Å²) in [6.07, 6.45) is 7.62. The smallest absolute Gasteiger partial charge is 0.227 e. The molecule has 7 nitrogen and oxygen atoms in total. The molecule has 0 N–H and O–H groups in total. The average molecular weight is 423 g/mol. The van der Waals surface area contributed by atoms with Crippen molar-refractivity contribution in [2.45, 2.75) is 39.5 Å². The number of piperidine rings is 1. The SMILES string of the molecule is CN1CCN(c2ncc(-c3ccncc3)c([C@H]3CCCN(C(=O)C(C)(C)C)C3)n2)CC1. The largest absolute Gasteiger partial charge is 0.342 e. The third-order valence-electron chi connectivity index (χ3n) is 6.32. The van der Waals surface area contributed by atoms with E-state index in [0.717, 1.165) is 68.3 Å². The van der Waals surface area contributed by atoms with Crippen molar-refractivity contribution in [1.82, 2.24) is 24.8 Å². The van der Waals surface area contributed by atoms with E-state index in [-0.39, 0.29) is 17.2 Å². The number of hydrogen-bond donors (Lipinski definition) is 0. The van der Waals surface area contributed by atoms with Gasteiger partial charge >= 0.3 is 0 Å². The third kappa shape index (κ3) is 4.87. The van der Waals surface area contributed by atoms with Crippen LogP contribution in [0.3, 0.4) is 0 Å². The van der Waals surface area contributed by atoms with Crippen LogP contribution in [-0.4, -0.2) is 77.0 Å². The van der Waals surface area contributed by atoms with Gasteiger partial charge in [-0.15, -0.1) is 0 Å². The second kappa shape index (κ2) is 8.91. The molecule has 31 heavy (non-hydrogen) atoms. The van der Waals surface area contributed by atoms with E-state index in [9.17, 15) is 4.79 Å². The van der Waals surface area contributed by atoms with Crippen molar-refractivity contribution in [3.8, 4) is 11.1 Å². The summed E-state index contributed by atoms with van der Waals surface area (Å²) in [5.41, 5.74) is 2.82. The lowest BCUT2D eigenvalue weighted by atomic mass is 9.87. The number of rotatable bonds is 3. The Bertz CT molecular complexity index is 902. The summed E-state index contributed by atoms with van der Waals surface area (Å²) < 4.78 is 0. The molecule has 0 spiro atoms. The number of likely N-dealkylation sites (N-methyl/N-ethyl adjacent to an activating group) is 1. The normalized spacial score (nSPS) is 20.7. The van der Waals surface area contributed by atoms with E-state index in [1.807, 2.05) is 56.4 Å². The van der Waals surface area contributed by atoms with Gasteiger partial charge in [-0.05, 0) is 37.6 Å². The van der Waals surface area contributed by atoms with Crippen LogP contribution in [0.25, 0.3) is 11.1 Å². The molecule has 0 radical (unpaired) electrons. The number of aromatic nitrogens is 3. The summed E-state index contributed by atoms with van der Waals surface area (Å²) in [7, 11) is 2.15. The van der Waals surface area contributed by atoms with Gasteiger partial charge in [0.25, 0.3) is 0 Å². The minimum atomic E-state index is -0.369. The molecular formula is C24H34N6O. The Labute approximate surface area is 185 Å². The second-order valence-electron chi connectivity index (χ2n) is 9.84. The van der Waals surface area contributed by atoms with Gasteiger partial charge in [0.1, 0.15) is 0 Å². The summed E-state index contributed by atoms with van der Waals surface area (Å²) >= 11 is 0. The van der Waals surface area contributed by atoms with Crippen LogP contribution in [0.1, 0.15) is 45.2 Å². The number of amides is 1. The lowest BCUT2D eigenvalue weighted by Crippen LogP contribution is -2.46. The van der Waals surface area contributed by atoms with E-state index >= 15 is 0 Å². The van der Waals surface area contributed by atoms with E-state index in [1.54, 1.807) is 0 Å². The summed E-state index contributed by atoms with van der Waals surface area (Å²) in [6.45, 7) is 11.4. The zero-order valence-electron chi connectivity index (χ0n) is 19.2. The molecule has 2 aromatic rings. The number of nitrogens with zero attached hydrogens (tertiary/aromatic N) is 6. The maximum atomic E-state index is 13.0. The Morgan fingerprint density at radius 2 is 1.77 bits per heavy atom. The number of carbonyl (C=O) groups excluding carboxylic acids is 1. The first-order chi connectivity index (χ1) is 14.8. The molecule has 1 amide bonds. The van der Waals surface area contributed by atoms with Gasteiger partial charge in [0.15, 0.2) is 0 Å². The van der Waals surface area contributed by atoms with E-state index in [0.29, 0.717) is 6.54 Å². The fraction of sp³-hybridized carbons (Fsp3) is 0.583. The lowest BCUT2D eigenvalue weighted by Gasteiger charge is -2.37. The van der Waals surface area contributed by atoms with Crippen LogP contribution >= 0.6 is 0 Å². The van der Waals surface area contributed by atoms with Gasteiger partial charge < -0.3 is 14.7 Å². The minimum Gasteiger partial charge on any atom is -0.342 e. The predicted octanol–water partition coefficient (Wildman–Crippen LogP) is 3.04. The third-order valence-corrected chi connectivity index (χ3v) is 6.32. The van der Waals surface area contributed by atoms with E-state index in [4.69, 9.17) is 9.97 Å². The van der Waals surface area contributed by atoms with Crippen LogP contribution in [0, 0.1) is 5.41 Å². The lowest BCUT2D eigenvalue weighted by molar-refractivity contribution is -0.140. The zero-order valence-corrected chi connectivity index (χ0v) is 19.2. The van der Waals surface area contributed by atoms with Crippen LogP contribution in [0.2, 0.25) is 0 Å². The van der Waals surface area contributed by atoms with E-state index in [2.05, 4.69) is 21.8 Å². The highest BCUT2D eigenvalue weighted by Crippen LogP contribution is 2.35. The molecule has 1 atom stereocenters. The molecular weight excluding hydrogens is 388 g/mol. The first-order valence-corrected chi connectivity index (χ1v) is 11.3. The van der Waals surface area contributed by atoms with Crippen LogP contribution in [0.5, 0.6) is 0 Å². The molecule has 4 rings (SSSR count). The molecule has 0 saturated carbocycles. The van der Waals surface area contributed by atoms with Crippen molar-refractivity contribution in [3.63, 3.8) is 0 Å². The molecule has 7 heteroatoms. The van der Waals surface area contributed by atoms with E-state index < -0.39 is 0 Å². The highest BCUT2D eigenvalue weighted by molar-refractivity contribution is 5.81. The number of hydrogen-bond acceptors (Lipinski definition) is 6. The summed E-state index contributed by atoms with van der Waals surface area (Å²) in [5, 5.41) is 0. The van der Waals surface area contributed by atoms with Gasteiger partial charge in [-0.2, -0.15) is 0 Å². The Morgan fingerprint density at radius 3 is 2.45 bits per heavy atom. The molecule has 0 aliphatic carbocycles. The number of pyridine rings is 1. The Morgan fingerprint density at radius 1 is 1.06 bits per heavy atom. The molecule has 2 aliphatic rings. The molecule has 2 aliphatic heterocycles. The fourth-order valence-corrected chi connectivity index (χ4v) is 4.47. The van der Waals surface area contributed by atoms with Crippen LogP contribution in [-0.2, 0) is 4.79 Å². The minimum absolute atomic E-state index is 0.206. The van der Waals surface area contributed by atoms with Crippen molar-refractivity contribution < 1.29 is 4.79 Å². The Balaban J connectivity index is 1.68. The van der Waals surface area contributed by atoms with Crippen molar-refractivity contribution in [3.05, 3.63) is 36.4 Å². The molecule has 0 aromatic carbocycles. The summed E-state index contributed by atoms with van der Waals surface area (Å²) in [4.78, 5) is 33.6. The fourth-order valence-electron chi connectivity index (χ4n) is 4.47. The zero-order chi connectivity index (χ0) is 22.0. The average Bonchev–Trinajstić information content (AvgIpc) is 2.79. The van der Waals surface area contributed by atoms with Gasteiger partial charge in [0.2, 0.25) is 11.9 Å². The first-order valence-electron chi connectivity index (χ1n) is 11.3. The van der Waals surface area contributed by atoms with Gasteiger partial charge in [0, 0.05) is 74.8 Å². The predicted molar refractivity (Wildman–Crippen MR) is 123 cm³/mol. The highest BCUT2D eigenvalue weighted by Gasteiger charge is 2.33. The van der Waals surface area contributed by atoms with Gasteiger partial charge in [-0.1, -0.05) is 20.8 Å². The molecule has 2 fully saturated rings. The number of likely N-dealkylation sites (tertiary alicyclic amines) is 1. The Hall–Kier alpha value is -2.54. The van der Waals surface area contributed by atoms with E-state index in [1.165, 1.54) is 0 Å². The molecule has 4 heterocycles. The number of anilines is 1. The van der Waals surface area contributed by atoms with Crippen LogP contribution < -0.4 is 4.90 Å². The van der Waals surface area contributed by atoms with Crippen LogP contribution in [0.15, 0.2) is 30.7 Å². The maximum Gasteiger partial charge on any atom is 0.227 e. The first kappa shape index (κ1) is 21.7. The monoisotopic (exact) mass is 422 g/mol. The topological polar surface area (TPSA) is 65.5 Å². The van der Waals surface area contributed by atoms with Gasteiger partial charge in [0.05, 0.1) is 5.69 Å². The summed E-state index contributed by atoms with van der Waals surface area (Å²) in [6, 6.07) is 4.03. The summed E-state index contributed by atoms with van der Waals surface area (Å²) in [5.74, 6) is 1.23. The second-order valence-corrected chi connectivity index (χ2v) is 9.84. The van der Waals surface area contributed by atoms with Crippen LogP contribution in [0.4, 0.5) is 5.95 Å². The maximum absolute atomic E-state index is 13.0. The molecule has 0 bridgehead atoms. The van der Waals surface area contributed by atoms with Crippen molar-refractivity contribution in [1.29, 1.82) is 0 Å². The molecule has 2 saturated heterocycles. The van der Waals surface area contributed by atoms with Gasteiger partial charge in [-0.25, -0.2) is 9.97 Å².